The first kappa shape index (κ1) is 32.2. The van der Waals surface area contributed by atoms with Gasteiger partial charge in [-0.3, -0.25) is 4.79 Å². The predicted octanol–water partition coefficient (Wildman–Crippen LogP) is 5.52. The molecule has 0 radical (unpaired) electrons. The Hall–Kier alpha value is -3.32. The molecule has 0 aromatic heterocycles. The van der Waals surface area contributed by atoms with Crippen LogP contribution >= 0.6 is 0 Å². The topological polar surface area (TPSA) is 123 Å². The molecular formula is C28H36F3N3O6S. The van der Waals surface area contributed by atoms with Gasteiger partial charge in [-0.05, 0) is 57.2 Å². The molecule has 226 valence electrons. The Labute approximate surface area is 238 Å². The van der Waals surface area contributed by atoms with Gasteiger partial charge in [0, 0.05) is 11.8 Å². The summed E-state index contributed by atoms with van der Waals surface area (Å²) in [6.45, 7) is 3.28. The standard InChI is InChI=1S/C28H36F3N3O6S/c1-27(2,3)40-26(36)34-24(20-12-8-5-9-13-20)25(35)33-21-14-15-23(41(37,38)32-18-28(29,30)31)22(16-21)39-17-19-10-6-4-7-11-19/h4,6-7,10-11,14-16,20,24,32H,5,8-9,12-13,17-18H2,1-3H3,(H,33,35)(H,34,36)/t24-/m0/s1. The van der Waals surface area contributed by atoms with Gasteiger partial charge in [-0.15, -0.1) is 0 Å². The van der Waals surface area contributed by atoms with Crippen LogP contribution in [-0.4, -0.2) is 44.8 Å². The number of ether oxygens (including phenoxy) is 2. The molecule has 2 aromatic rings. The van der Waals surface area contributed by atoms with Gasteiger partial charge in [-0.1, -0.05) is 49.6 Å². The van der Waals surface area contributed by atoms with Crippen molar-refractivity contribution in [3.8, 4) is 5.75 Å². The van der Waals surface area contributed by atoms with Crippen molar-refractivity contribution in [1.29, 1.82) is 0 Å². The molecule has 0 heterocycles. The fraction of sp³-hybridized carbons (Fsp3) is 0.500. The fourth-order valence-corrected chi connectivity index (χ4v) is 5.57. The van der Waals surface area contributed by atoms with Crippen molar-refractivity contribution in [2.75, 3.05) is 11.9 Å². The van der Waals surface area contributed by atoms with Gasteiger partial charge in [-0.2, -0.15) is 13.2 Å². The van der Waals surface area contributed by atoms with E-state index < -0.39 is 51.3 Å². The number of hydrogen-bond acceptors (Lipinski definition) is 6. The normalized spacial score (nSPS) is 15.6. The zero-order chi connectivity index (χ0) is 30.3. The predicted molar refractivity (Wildman–Crippen MR) is 147 cm³/mol. The second kappa shape index (κ2) is 13.6. The molecule has 41 heavy (non-hydrogen) atoms. The third-order valence-electron chi connectivity index (χ3n) is 6.28. The van der Waals surface area contributed by atoms with Gasteiger partial charge in [0.15, 0.2) is 0 Å². The van der Waals surface area contributed by atoms with Crippen LogP contribution in [0.4, 0.5) is 23.7 Å². The van der Waals surface area contributed by atoms with E-state index in [1.807, 2.05) is 0 Å². The lowest BCUT2D eigenvalue weighted by atomic mass is 9.83. The highest BCUT2D eigenvalue weighted by Gasteiger charge is 2.34. The Kier molecular flexibility index (Phi) is 10.6. The molecule has 3 rings (SSSR count). The minimum absolute atomic E-state index is 0.0784. The maximum Gasteiger partial charge on any atom is 0.408 e. The first-order valence-electron chi connectivity index (χ1n) is 13.3. The van der Waals surface area contributed by atoms with Gasteiger partial charge in [0.2, 0.25) is 15.9 Å². The van der Waals surface area contributed by atoms with Crippen LogP contribution in [0.25, 0.3) is 0 Å². The number of halogens is 3. The maximum atomic E-state index is 13.4. The fourth-order valence-electron chi connectivity index (χ4n) is 4.43. The first-order chi connectivity index (χ1) is 19.1. The molecule has 1 atom stereocenters. The molecule has 0 unspecified atom stereocenters. The number of rotatable bonds is 10. The monoisotopic (exact) mass is 599 g/mol. The Morgan fingerprint density at radius 1 is 1.00 bits per heavy atom. The molecule has 2 amide bonds. The molecule has 0 aliphatic heterocycles. The number of sulfonamides is 1. The summed E-state index contributed by atoms with van der Waals surface area (Å²) in [5.74, 6) is -0.936. The SMILES string of the molecule is CC(C)(C)OC(=O)N[C@H](C(=O)Nc1ccc(S(=O)(=O)NCC(F)(F)F)c(OCc2ccccc2)c1)C1CCCCC1. The summed E-state index contributed by atoms with van der Waals surface area (Å²) in [5.41, 5.74) is 0.0523. The second-order valence-electron chi connectivity index (χ2n) is 10.9. The summed E-state index contributed by atoms with van der Waals surface area (Å²) in [5, 5.41) is 5.37. The van der Waals surface area contributed by atoms with Crippen LogP contribution in [0.3, 0.4) is 0 Å². The van der Waals surface area contributed by atoms with Crippen molar-refractivity contribution in [2.45, 2.75) is 82.2 Å². The van der Waals surface area contributed by atoms with Gasteiger partial charge in [-0.25, -0.2) is 17.9 Å². The van der Waals surface area contributed by atoms with Crippen LogP contribution in [0.2, 0.25) is 0 Å². The summed E-state index contributed by atoms with van der Waals surface area (Å²) in [6, 6.07) is 11.4. The van der Waals surface area contributed by atoms with Crippen molar-refractivity contribution in [2.24, 2.45) is 5.92 Å². The van der Waals surface area contributed by atoms with E-state index in [9.17, 15) is 31.2 Å². The number of nitrogens with one attached hydrogen (secondary N) is 3. The van der Waals surface area contributed by atoms with Gasteiger partial charge in [0.1, 0.15) is 35.4 Å². The summed E-state index contributed by atoms with van der Waals surface area (Å²) in [6.07, 6.45) is -1.23. The van der Waals surface area contributed by atoms with Gasteiger partial charge < -0.3 is 20.1 Å². The Balaban J connectivity index is 1.87. The zero-order valence-corrected chi connectivity index (χ0v) is 24.0. The molecule has 1 aliphatic carbocycles. The number of carbonyl (C=O) groups excluding carboxylic acids is 2. The van der Waals surface area contributed by atoms with Crippen LogP contribution < -0.4 is 20.1 Å². The Morgan fingerprint density at radius 3 is 2.27 bits per heavy atom. The minimum Gasteiger partial charge on any atom is -0.487 e. The summed E-state index contributed by atoms with van der Waals surface area (Å²) in [7, 11) is -4.62. The smallest absolute Gasteiger partial charge is 0.408 e. The first-order valence-corrected chi connectivity index (χ1v) is 14.8. The molecule has 9 nitrogen and oxygen atoms in total. The number of amides is 2. The summed E-state index contributed by atoms with van der Waals surface area (Å²) in [4.78, 5) is 25.4. The lowest BCUT2D eigenvalue weighted by Gasteiger charge is -2.31. The van der Waals surface area contributed by atoms with Crippen LogP contribution in [0.15, 0.2) is 53.4 Å². The van der Waals surface area contributed by atoms with Crippen molar-refractivity contribution >= 4 is 27.7 Å². The Morgan fingerprint density at radius 2 is 1.66 bits per heavy atom. The van der Waals surface area contributed by atoms with E-state index >= 15 is 0 Å². The van der Waals surface area contributed by atoms with Crippen molar-refractivity contribution in [1.82, 2.24) is 10.0 Å². The van der Waals surface area contributed by atoms with Crippen LogP contribution in [0.1, 0.15) is 58.4 Å². The van der Waals surface area contributed by atoms with Gasteiger partial charge in [0.05, 0.1) is 0 Å². The van der Waals surface area contributed by atoms with Crippen LogP contribution in [0, 0.1) is 5.92 Å². The number of anilines is 1. The highest BCUT2D eigenvalue weighted by Crippen LogP contribution is 2.31. The molecule has 1 fully saturated rings. The van der Waals surface area contributed by atoms with E-state index in [4.69, 9.17) is 9.47 Å². The average molecular weight is 600 g/mol. The number of benzene rings is 2. The van der Waals surface area contributed by atoms with Crippen molar-refractivity contribution in [3.63, 3.8) is 0 Å². The van der Waals surface area contributed by atoms with E-state index in [2.05, 4.69) is 10.6 Å². The van der Waals surface area contributed by atoms with E-state index in [0.29, 0.717) is 5.56 Å². The van der Waals surface area contributed by atoms with Crippen LogP contribution in [-0.2, 0) is 26.2 Å². The number of alkyl carbamates (subject to hydrolysis) is 1. The third kappa shape index (κ3) is 10.5. The maximum absolute atomic E-state index is 13.4. The summed E-state index contributed by atoms with van der Waals surface area (Å²) < 4.78 is 76.3. The Bertz CT molecular complexity index is 1290. The largest absolute Gasteiger partial charge is 0.487 e. The lowest BCUT2D eigenvalue weighted by Crippen LogP contribution is -2.50. The minimum atomic E-state index is -4.76. The number of hydrogen-bond donors (Lipinski definition) is 3. The van der Waals surface area contributed by atoms with Crippen molar-refractivity contribution in [3.05, 3.63) is 54.1 Å². The molecule has 1 aliphatic rings. The zero-order valence-electron chi connectivity index (χ0n) is 23.2. The molecule has 0 bridgehead atoms. The summed E-state index contributed by atoms with van der Waals surface area (Å²) >= 11 is 0. The van der Waals surface area contributed by atoms with Gasteiger partial charge in [0.25, 0.3) is 0 Å². The van der Waals surface area contributed by atoms with E-state index in [1.165, 1.54) is 16.9 Å². The number of carbonyl (C=O) groups is 2. The average Bonchev–Trinajstić information content (AvgIpc) is 2.89. The third-order valence-corrected chi connectivity index (χ3v) is 7.72. The highest BCUT2D eigenvalue weighted by molar-refractivity contribution is 7.89. The van der Waals surface area contributed by atoms with E-state index in [0.717, 1.165) is 38.2 Å². The van der Waals surface area contributed by atoms with Crippen LogP contribution in [0.5, 0.6) is 5.75 Å². The molecule has 0 saturated heterocycles. The highest BCUT2D eigenvalue weighted by atomic mass is 32.2. The van der Waals surface area contributed by atoms with Gasteiger partial charge >= 0.3 is 12.3 Å². The quantitative estimate of drug-likeness (QED) is 0.331. The molecule has 3 N–H and O–H groups in total. The van der Waals surface area contributed by atoms with Crippen molar-refractivity contribution < 1.29 is 40.7 Å². The second-order valence-corrected chi connectivity index (χ2v) is 12.6. The lowest BCUT2D eigenvalue weighted by molar-refractivity contribution is -0.121. The molecule has 1 saturated carbocycles. The number of alkyl halides is 3. The molecule has 0 spiro atoms. The van der Waals surface area contributed by atoms with E-state index in [1.54, 1.807) is 51.1 Å². The molecule has 2 aromatic carbocycles. The molecular weight excluding hydrogens is 563 g/mol. The molecule has 13 heteroatoms. The van der Waals surface area contributed by atoms with E-state index in [-0.39, 0.29) is 24.0 Å².